The van der Waals surface area contributed by atoms with Crippen LogP contribution in [0.15, 0.2) is 0 Å². The van der Waals surface area contributed by atoms with Gasteiger partial charge in [-0.1, -0.05) is 0 Å². The van der Waals surface area contributed by atoms with E-state index in [2.05, 4.69) is 16.3 Å². The first kappa shape index (κ1) is 23.7. The van der Waals surface area contributed by atoms with Gasteiger partial charge in [0.2, 0.25) is 11.8 Å². The number of amides is 2. The van der Waals surface area contributed by atoms with E-state index in [0.29, 0.717) is 24.4 Å². The molecule has 6 atom stereocenters. The number of piperidine rings is 2. The lowest BCUT2D eigenvalue weighted by atomic mass is 9.46. The molecule has 2 saturated heterocycles. The first-order valence-electron chi connectivity index (χ1n) is 13.9. The number of hydrogen-bond acceptors (Lipinski definition) is 6. The van der Waals surface area contributed by atoms with Gasteiger partial charge in [-0.25, -0.2) is 0 Å². The highest BCUT2D eigenvalue weighted by atomic mass is 16.5. The molecule has 2 heterocycles. The third kappa shape index (κ3) is 4.08. The second kappa shape index (κ2) is 8.71. The molecular formula is C27H41N5O3. The summed E-state index contributed by atoms with van der Waals surface area (Å²) < 4.78 is 6.74. The van der Waals surface area contributed by atoms with E-state index in [1.807, 2.05) is 4.90 Å². The van der Waals surface area contributed by atoms with Gasteiger partial charge in [0.15, 0.2) is 0 Å². The Morgan fingerprint density at radius 2 is 1.86 bits per heavy atom. The van der Waals surface area contributed by atoms with Crippen LogP contribution in [0.25, 0.3) is 0 Å². The number of nitriles is 1. The molecule has 192 valence electrons. The summed E-state index contributed by atoms with van der Waals surface area (Å²) in [4.78, 5) is 29.9. The van der Waals surface area contributed by atoms with Gasteiger partial charge in [-0.2, -0.15) is 5.26 Å². The molecule has 0 spiro atoms. The van der Waals surface area contributed by atoms with Crippen molar-refractivity contribution in [3.8, 4) is 6.07 Å². The van der Waals surface area contributed by atoms with Gasteiger partial charge in [0.25, 0.3) is 0 Å². The molecule has 7 fully saturated rings. The maximum Gasteiger partial charge on any atom is 0.241 e. The van der Waals surface area contributed by atoms with Crippen molar-refractivity contribution in [1.82, 2.24) is 15.1 Å². The van der Waals surface area contributed by atoms with Crippen LogP contribution in [0, 0.1) is 40.4 Å². The summed E-state index contributed by atoms with van der Waals surface area (Å²) in [6, 6.07) is 1.81. The van der Waals surface area contributed by atoms with E-state index in [1.54, 1.807) is 7.05 Å². The zero-order chi connectivity index (χ0) is 24.4. The molecule has 8 nitrogen and oxygen atoms in total. The van der Waals surface area contributed by atoms with E-state index in [9.17, 15) is 14.9 Å². The van der Waals surface area contributed by atoms with Gasteiger partial charge < -0.3 is 25.6 Å². The summed E-state index contributed by atoms with van der Waals surface area (Å²) in [6.07, 6.45) is 10.1. The lowest BCUT2D eigenvalue weighted by Gasteiger charge is -2.63. The monoisotopic (exact) mass is 483 g/mol. The molecule has 0 aromatic heterocycles. The summed E-state index contributed by atoms with van der Waals surface area (Å²) in [7, 11) is 1.72. The Morgan fingerprint density at radius 3 is 2.51 bits per heavy atom. The van der Waals surface area contributed by atoms with Crippen LogP contribution in [0.4, 0.5) is 0 Å². The fraction of sp³-hybridized carbons (Fsp3) is 0.889. The number of rotatable bonds is 7. The number of hydrogen-bond donors (Lipinski definition) is 2. The SMILES string of the molecule is CNC(=O)C1CCN(CCOC23CC4CC(C2)CC([C@H](N)C(=O)N2[C@H](C#N)C[C@@H]5C[C@@H]52)(C4)C3)CC1. The Morgan fingerprint density at radius 1 is 1.14 bits per heavy atom. The highest BCUT2D eigenvalue weighted by Gasteiger charge is 2.63. The zero-order valence-corrected chi connectivity index (χ0v) is 21.1. The maximum absolute atomic E-state index is 13.7. The number of nitrogens with one attached hydrogen (secondary N) is 1. The second-order valence-electron chi connectivity index (χ2n) is 12.8. The average molecular weight is 484 g/mol. The molecule has 35 heavy (non-hydrogen) atoms. The molecule has 5 saturated carbocycles. The maximum atomic E-state index is 13.7. The summed E-state index contributed by atoms with van der Waals surface area (Å²) in [5.74, 6) is 2.04. The quantitative estimate of drug-likeness (QED) is 0.569. The molecule has 4 bridgehead atoms. The minimum absolute atomic E-state index is 0.0256. The highest BCUT2D eigenvalue weighted by Crippen LogP contribution is 2.64. The van der Waals surface area contributed by atoms with E-state index in [4.69, 9.17) is 10.5 Å². The number of likely N-dealkylation sites (tertiary alicyclic amines) is 2. The Hall–Kier alpha value is -1.69. The van der Waals surface area contributed by atoms with Crippen molar-refractivity contribution >= 4 is 11.8 Å². The molecule has 3 N–H and O–H groups in total. The number of ether oxygens (including phenoxy) is 1. The molecule has 5 aliphatic carbocycles. The van der Waals surface area contributed by atoms with Crippen LogP contribution < -0.4 is 11.1 Å². The lowest BCUT2D eigenvalue weighted by Crippen LogP contribution is -2.65. The van der Waals surface area contributed by atoms with Crippen LogP contribution in [0.1, 0.15) is 64.2 Å². The van der Waals surface area contributed by atoms with Crippen LogP contribution in [0.3, 0.4) is 0 Å². The molecule has 2 unspecified atom stereocenters. The fourth-order valence-electron chi connectivity index (χ4n) is 9.11. The zero-order valence-electron chi connectivity index (χ0n) is 21.1. The van der Waals surface area contributed by atoms with Crippen molar-refractivity contribution in [1.29, 1.82) is 5.26 Å². The number of nitrogens with zero attached hydrogens (tertiary/aromatic N) is 3. The summed E-state index contributed by atoms with van der Waals surface area (Å²) in [5.41, 5.74) is 6.52. The van der Waals surface area contributed by atoms with Gasteiger partial charge in [-0.05, 0) is 100 Å². The largest absolute Gasteiger partial charge is 0.374 e. The topological polar surface area (TPSA) is 112 Å². The molecule has 0 radical (unpaired) electrons. The van der Waals surface area contributed by atoms with Crippen molar-refractivity contribution < 1.29 is 14.3 Å². The van der Waals surface area contributed by atoms with Crippen LogP contribution in [0.2, 0.25) is 0 Å². The average Bonchev–Trinajstić information content (AvgIpc) is 3.51. The number of carbonyl (C=O) groups excluding carboxylic acids is 2. The van der Waals surface area contributed by atoms with Crippen LogP contribution in [0.5, 0.6) is 0 Å². The Kier molecular flexibility index (Phi) is 5.89. The molecule has 0 aromatic rings. The summed E-state index contributed by atoms with van der Waals surface area (Å²) >= 11 is 0. The van der Waals surface area contributed by atoms with Gasteiger partial charge in [-0.3, -0.25) is 9.59 Å². The third-order valence-corrected chi connectivity index (χ3v) is 10.5. The molecule has 7 rings (SSSR count). The molecule has 2 amide bonds. The van der Waals surface area contributed by atoms with Gasteiger partial charge in [0.1, 0.15) is 6.04 Å². The van der Waals surface area contributed by atoms with E-state index in [-0.39, 0.29) is 40.8 Å². The Balaban J connectivity index is 1.09. The standard InChI is InChI=1S/C27H41N5O3/c1-30-24(33)19-2-4-31(5-3-19)6-7-35-27-13-17-8-18(14-27)12-26(11-17,16-27)23(29)25(34)32-21(15-28)9-20-10-22(20)32/h17-23H,2-14,16,29H2,1H3,(H,30,33)/t17?,18?,20-,21+,22+,23-,26?,27?/m1/s1. The van der Waals surface area contributed by atoms with Crippen LogP contribution >= 0.6 is 0 Å². The number of carbonyl (C=O) groups is 2. The van der Waals surface area contributed by atoms with Crippen molar-refractivity contribution in [3.63, 3.8) is 0 Å². The normalized spacial score (nSPS) is 43.0. The third-order valence-electron chi connectivity index (χ3n) is 10.5. The van der Waals surface area contributed by atoms with E-state index in [1.165, 1.54) is 6.42 Å². The van der Waals surface area contributed by atoms with Crippen LogP contribution in [-0.2, 0) is 14.3 Å². The Labute approximate surface area is 208 Å². The van der Waals surface area contributed by atoms with E-state index < -0.39 is 6.04 Å². The van der Waals surface area contributed by atoms with Gasteiger partial charge >= 0.3 is 0 Å². The van der Waals surface area contributed by atoms with Gasteiger partial charge in [0.05, 0.1) is 24.3 Å². The highest BCUT2D eigenvalue weighted by molar-refractivity contribution is 5.84. The summed E-state index contributed by atoms with van der Waals surface area (Å²) in [6.45, 7) is 3.49. The fourth-order valence-corrected chi connectivity index (χ4v) is 9.11. The van der Waals surface area contributed by atoms with Gasteiger partial charge in [0, 0.05) is 25.6 Å². The smallest absolute Gasteiger partial charge is 0.241 e. The predicted molar refractivity (Wildman–Crippen MR) is 130 cm³/mol. The van der Waals surface area contributed by atoms with Crippen LogP contribution in [-0.4, -0.2) is 78.6 Å². The number of fused-ring (bicyclic) bond motifs is 1. The molecular weight excluding hydrogens is 442 g/mol. The minimum Gasteiger partial charge on any atom is -0.374 e. The van der Waals surface area contributed by atoms with E-state index in [0.717, 1.165) is 77.4 Å². The molecule has 0 aromatic carbocycles. The second-order valence-corrected chi connectivity index (χ2v) is 12.8. The predicted octanol–water partition coefficient (Wildman–Crippen LogP) is 1.64. The first-order chi connectivity index (χ1) is 16.9. The minimum atomic E-state index is -0.518. The van der Waals surface area contributed by atoms with Gasteiger partial charge in [-0.15, -0.1) is 0 Å². The summed E-state index contributed by atoms with van der Waals surface area (Å²) in [5, 5.41) is 12.4. The molecule has 7 aliphatic rings. The van der Waals surface area contributed by atoms with E-state index >= 15 is 0 Å². The number of nitrogens with two attached hydrogens (primary N) is 1. The molecule has 8 heteroatoms. The lowest BCUT2D eigenvalue weighted by molar-refractivity contribution is -0.201. The van der Waals surface area contributed by atoms with Crippen molar-refractivity contribution in [2.45, 2.75) is 87.9 Å². The van der Waals surface area contributed by atoms with Crippen molar-refractivity contribution in [2.75, 3.05) is 33.3 Å². The Bertz CT molecular complexity index is 895. The van der Waals surface area contributed by atoms with Crippen molar-refractivity contribution in [2.24, 2.45) is 34.8 Å². The van der Waals surface area contributed by atoms with Crippen molar-refractivity contribution in [3.05, 3.63) is 0 Å². The molecule has 2 aliphatic heterocycles. The first-order valence-corrected chi connectivity index (χ1v) is 13.9.